The van der Waals surface area contributed by atoms with Crippen molar-refractivity contribution < 1.29 is 39.6 Å². The number of carboxylic acids is 4. The Labute approximate surface area is 273 Å². The summed E-state index contributed by atoms with van der Waals surface area (Å²) >= 11 is 0. The monoisotopic (exact) mass is 635 g/mol. The summed E-state index contributed by atoms with van der Waals surface area (Å²) in [5, 5.41) is 37.8. The first kappa shape index (κ1) is 31.1. The molecule has 0 saturated carbocycles. The van der Waals surface area contributed by atoms with Gasteiger partial charge in [-0.25, -0.2) is 24.2 Å². The van der Waals surface area contributed by atoms with Gasteiger partial charge >= 0.3 is 23.9 Å². The Morgan fingerprint density at radius 2 is 0.667 bits per heavy atom. The molecule has 0 saturated heterocycles. The van der Waals surface area contributed by atoms with Crippen molar-refractivity contribution in [3.8, 4) is 55.9 Å². The molecule has 0 spiro atoms. The molecular formula is C39H25NO8. The average Bonchev–Trinajstić information content (AvgIpc) is 3.11. The summed E-state index contributed by atoms with van der Waals surface area (Å²) in [6.07, 6.45) is 0. The predicted molar refractivity (Wildman–Crippen MR) is 179 cm³/mol. The molecular weight excluding hydrogens is 610 g/mol. The molecule has 4 N–H and O–H groups in total. The van der Waals surface area contributed by atoms with Gasteiger partial charge in [-0.05, 0) is 69.8 Å². The lowest BCUT2D eigenvalue weighted by Crippen LogP contribution is -2.07. The molecule has 0 atom stereocenters. The Morgan fingerprint density at radius 3 is 1.04 bits per heavy atom. The van der Waals surface area contributed by atoms with Gasteiger partial charge in [0.15, 0.2) is 0 Å². The molecule has 9 heteroatoms. The van der Waals surface area contributed by atoms with Crippen LogP contribution in [0.5, 0.6) is 0 Å². The normalized spacial score (nSPS) is 10.8. The molecule has 234 valence electrons. The van der Waals surface area contributed by atoms with Crippen molar-refractivity contribution in [3.63, 3.8) is 0 Å². The molecule has 0 radical (unpaired) electrons. The van der Waals surface area contributed by atoms with Crippen LogP contribution in [0.2, 0.25) is 0 Å². The highest BCUT2D eigenvalue weighted by Gasteiger charge is 2.18. The maximum absolute atomic E-state index is 11.7. The third kappa shape index (κ3) is 6.29. The van der Waals surface area contributed by atoms with Gasteiger partial charge in [-0.3, -0.25) is 0 Å². The molecule has 0 aliphatic rings. The Morgan fingerprint density at radius 1 is 0.333 bits per heavy atom. The van der Waals surface area contributed by atoms with Gasteiger partial charge in [0.05, 0.1) is 33.6 Å². The zero-order valence-electron chi connectivity index (χ0n) is 25.0. The minimum atomic E-state index is -1.32. The third-order valence-corrected chi connectivity index (χ3v) is 7.92. The van der Waals surface area contributed by atoms with Gasteiger partial charge in [0.1, 0.15) is 0 Å². The second kappa shape index (κ2) is 12.9. The van der Waals surface area contributed by atoms with E-state index in [0.717, 1.165) is 22.3 Å². The molecule has 0 unspecified atom stereocenters. The molecule has 9 nitrogen and oxygen atoms in total. The van der Waals surface area contributed by atoms with Gasteiger partial charge in [-0.2, -0.15) is 0 Å². The van der Waals surface area contributed by atoms with Crippen molar-refractivity contribution in [1.82, 2.24) is 4.98 Å². The zero-order chi connectivity index (χ0) is 33.9. The van der Waals surface area contributed by atoms with Crippen molar-refractivity contribution in [2.75, 3.05) is 0 Å². The summed E-state index contributed by atoms with van der Waals surface area (Å²) in [7, 11) is 0. The number of carboxylic acid groups (broad SMARTS) is 4. The maximum Gasteiger partial charge on any atom is 0.336 e. The third-order valence-electron chi connectivity index (χ3n) is 7.92. The van der Waals surface area contributed by atoms with Gasteiger partial charge < -0.3 is 20.4 Å². The van der Waals surface area contributed by atoms with Gasteiger partial charge in [-0.15, -0.1) is 0 Å². The number of rotatable bonds is 9. The van der Waals surface area contributed by atoms with E-state index in [4.69, 9.17) is 4.98 Å². The van der Waals surface area contributed by atoms with Crippen LogP contribution in [0.3, 0.4) is 0 Å². The SMILES string of the molecule is O=C(O)c1ccc(-c2ccc(-c3cc(-c4ccccc4)cc(-c4ccc(-c5ccc(C(=O)O)c(C(=O)O)c5)cc4)n3)cc2)cc1C(=O)O. The van der Waals surface area contributed by atoms with Crippen molar-refractivity contribution >= 4 is 23.9 Å². The summed E-state index contributed by atoms with van der Waals surface area (Å²) in [6, 6.07) is 36.9. The van der Waals surface area contributed by atoms with Crippen LogP contribution in [0, 0.1) is 0 Å². The number of aromatic nitrogens is 1. The molecule has 6 aromatic rings. The highest BCUT2D eigenvalue weighted by molar-refractivity contribution is 6.03. The summed E-state index contributed by atoms with van der Waals surface area (Å²) in [5.74, 6) is -5.28. The Hall–Kier alpha value is -6.87. The Balaban J connectivity index is 1.37. The highest BCUT2D eigenvalue weighted by atomic mass is 16.4. The highest BCUT2D eigenvalue weighted by Crippen LogP contribution is 2.33. The lowest BCUT2D eigenvalue weighted by Gasteiger charge is -2.12. The Bertz CT molecular complexity index is 2090. The van der Waals surface area contributed by atoms with Gasteiger partial charge in [0.25, 0.3) is 0 Å². The number of carbonyl (C=O) groups is 4. The fourth-order valence-electron chi connectivity index (χ4n) is 5.46. The van der Waals surface area contributed by atoms with Gasteiger partial charge in [0, 0.05) is 11.1 Å². The lowest BCUT2D eigenvalue weighted by atomic mass is 9.96. The van der Waals surface area contributed by atoms with Crippen molar-refractivity contribution in [2.24, 2.45) is 0 Å². The Kier molecular flexibility index (Phi) is 8.34. The number of nitrogens with zero attached hydrogens (tertiary/aromatic N) is 1. The number of hydrogen-bond donors (Lipinski definition) is 4. The first-order chi connectivity index (χ1) is 23.1. The van der Waals surface area contributed by atoms with Crippen LogP contribution in [-0.2, 0) is 0 Å². The smallest absolute Gasteiger partial charge is 0.336 e. The van der Waals surface area contributed by atoms with Crippen LogP contribution >= 0.6 is 0 Å². The fraction of sp³-hybridized carbons (Fsp3) is 0. The van der Waals surface area contributed by atoms with E-state index >= 15 is 0 Å². The second-order valence-electron chi connectivity index (χ2n) is 10.9. The summed E-state index contributed by atoms with van der Waals surface area (Å²) in [4.78, 5) is 51.3. The first-order valence-corrected chi connectivity index (χ1v) is 14.6. The van der Waals surface area contributed by atoms with Crippen molar-refractivity contribution in [1.29, 1.82) is 0 Å². The van der Waals surface area contributed by atoms with Crippen LogP contribution in [0.25, 0.3) is 55.9 Å². The van der Waals surface area contributed by atoms with E-state index < -0.39 is 23.9 Å². The molecule has 0 bridgehead atoms. The molecule has 48 heavy (non-hydrogen) atoms. The van der Waals surface area contributed by atoms with E-state index in [1.165, 1.54) is 24.3 Å². The minimum absolute atomic E-state index is 0.286. The molecule has 6 rings (SSSR count). The average molecular weight is 636 g/mol. The number of aromatic carboxylic acids is 4. The topological polar surface area (TPSA) is 162 Å². The first-order valence-electron chi connectivity index (χ1n) is 14.6. The van der Waals surface area contributed by atoms with Gasteiger partial charge in [0.2, 0.25) is 0 Å². The van der Waals surface area contributed by atoms with E-state index in [9.17, 15) is 39.6 Å². The van der Waals surface area contributed by atoms with Crippen LogP contribution < -0.4 is 0 Å². The predicted octanol–water partition coefficient (Wildman–Crippen LogP) is 8.21. The standard InChI is InChI=1S/C39H25NO8/c41-36(42)30-16-14-27(18-32(30)38(45)46)23-6-10-25(11-7-23)34-20-29(22-4-2-1-3-5-22)21-35(40-34)26-12-8-24(9-13-26)28-15-17-31(37(43)44)33(19-28)39(47)48/h1-21H,(H,41,42)(H,43,44)(H,45,46)(H,47,48). The van der Waals surface area contributed by atoms with Crippen LogP contribution in [-0.4, -0.2) is 49.3 Å². The molecule has 5 aromatic carbocycles. The van der Waals surface area contributed by atoms with E-state index in [1.54, 1.807) is 12.1 Å². The summed E-state index contributed by atoms with van der Waals surface area (Å²) < 4.78 is 0. The largest absolute Gasteiger partial charge is 0.478 e. The number of benzene rings is 5. The summed E-state index contributed by atoms with van der Waals surface area (Å²) in [5.41, 5.74) is 6.24. The quantitative estimate of drug-likeness (QED) is 0.123. The minimum Gasteiger partial charge on any atom is -0.478 e. The summed E-state index contributed by atoms with van der Waals surface area (Å²) in [6.45, 7) is 0. The maximum atomic E-state index is 11.7. The van der Waals surface area contributed by atoms with E-state index in [0.29, 0.717) is 33.6 Å². The van der Waals surface area contributed by atoms with Crippen molar-refractivity contribution in [3.05, 3.63) is 150 Å². The van der Waals surface area contributed by atoms with Crippen molar-refractivity contribution in [2.45, 2.75) is 0 Å². The second-order valence-corrected chi connectivity index (χ2v) is 10.9. The molecule has 0 amide bonds. The number of hydrogen-bond acceptors (Lipinski definition) is 5. The van der Waals surface area contributed by atoms with Crippen LogP contribution in [0.15, 0.2) is 127 Å². The lowest BCUT2D eigenvalue weighted by molar-refractivity contribution is 0.0651. The van der Waals surface area contributed by atoms with Gasteiger partial charge in [-0.1, -0.05) is 91.0 Å². The van der Waals surface area contributed by atoms with E-state index in [-0.39, 0.29) is 22.3 Å². The van der Waals surface area contributed by atoms with E-state index in [2.05, 4.69) is 0 Å². The van der Waals surface area contributed by atoms with E-state index in [1.807, 2.05) is 91.0 Å². The number of pyridine rings is 1. The molecule has 0 aliphatic carbocycles. The fourth-order valence-corrected chi connectivity index (χ4v) is 5.46. The molecule has 1 heterocycles. The van der Waals surface area contributed by atoms with Crippen LogP contribution in [0.1, 0.15) is 41.4 Å². The molecule has 0 aliphatic heterocycles. The molecule has 1 aromatic heterocycles. The zero-order valence-corrected chi connectivity index (χ0v) is 25.0. The van der Waals surface area contributed by atoms with Crippen LogP contribution in [0.4, 0.5) is 0 Å². The molecule has 0 fully saturated rings.